The molecule has 0 radical (unpaired) electrons. The maximum absolute atomic E-state index is 12.6. The van der Waals surface area contributed by atoms with E-state index in [0.717, 1.165) is 11.1 Å². The van der Waals surface area contributed by atoms with Gasteiger partial charge in [-0.2, -0.15) is 0 Å². The van der Waals surface area contributed by atoms with E-state index in [4.69, 9.17) is 16.0 Å². The van der Waals surface area contributed by atoms with Gasteiger partial charge in [-0.15, -0.1) is 0 Å². The molecule has 1 heterocycles. The lowest BCUT2D eigenvalue weighted by atomic mass is 10.1. The molecule has 0 spiro atoms. The molecule has 3 nitrogen and oxygen atoms in total. The molecule has 0 unspecified atom stereocenters. The molecule has 3 aromatic rings. The molecule has 1 amide bonds. The van der Waals surface area contributed by atoms with Crippen LogP contribution in [-0.4, -0.2) is 5.91 Å². The molecule has 0 aliphatic rings. The highest BCUT2D eigenvalue weighted by Crippen LogP contribution is 2.28. The fraction of sp³-hybridized carbons (Fsp3) is 0.150. The van der Waals surface area contributed by atoms with Crippen molar-refractivity contribution in [2.45, 2.75) is 20.8 Å². The molecule has 122 valence electrons. The van der Waals surface area contributed by atoms with E-state index in [1.54, 1.807) is 19.1 Å². The molecule has 1 aromatic heterocycles. The van der Waals surface area contributed by atoms with Crippen molar-refractivity contribution in [3.05, 3.63) is 76.0 Å². The number of anilines is 1. The van der Waals surface area contributed by atoms with Gasteiger partial charge in [0, 0.05) is 16.3 Å². The van der Waals surface area contributed by atoms with Crippen molar-refractivity contribution in [3.8, 4) is 11.3 Å². The summed E-state index contributed by atoms with van der Waals surface area (Å²) in [6.07, 6.45) is 0. The second-order valence-electron chi connectivity index (χ2n) is 5.81. The lowest BCUT2D eigenvalue weighted by Crippen LogP contribution is -2.13. The molecule has 0 aliphatic heterocycles. The van der Waals surface area contributed by atoms with Crippen molar-refractivity contribution < 1.29 is 9.21 Å². The second kappa shape index (κ2) is 6.54. The monoisotopic (exact) mass is 339 g/mol. The van der Waals surface area contributed by atoms with Crippen LogP contribution in [0, 0.1) is 20.8 Å². The summed E-state index contributed by atoms with van der Waals surface area (Å²) in [5.74, 6) is 1.06. The molecule has 4 heteroatoms. The minimum Gasteiger partial charge on any atom is -0.461 e. The third kappa shape index (κ3) is 3.22. The van der Waals surface area contributed by atoms with E-state index in [1.807, 2.05) is 50.2 Å². The molecule has 0 saturated carbocycles. The highest BCUT2D eigenvalue weighted by molar-refractivity contribution is 6.31. The van der Waals surface area contributed by atoms with Crippen molar-refractivity contribution in [2.75, 3.05) is 5.32 Å². The number of furan rings is 1. The maximum atomic E-state index is 12.6. The van der Waals surface area contributed by atoms with Crippen LogP contribution in [0.5, 0.6) is 0 Å². The molecule has 0 aliphatic carbocycles. The summed E-state index contributed by atoms with van der Waals surface area (Å²) in [4.78, 5) is 12.6. The van der Waals surface area contributed by atoms with Crippen molar-refractivity contribution in [2.24, 2.45) is 0 Å². The van der Waals surface area contributed by atoms with E-state index in [0.29, 0.717) is 27.8 Å². The summed E-state index contributed by atoms with van der Waals surface area (Å²) >= 11 is 6.10. The number of rotatable bonds is 3. The van der Waals surface area contributed by atoms with Gasteiger partial charge in [-0.1, -0.05) is 47.5 Å². The third-order valence-electron chi connectivity index (χ3n) is 4.01. The SMILES string of the molecule is Cc1ccc(-c2cc(C(=O)Nc3cccc(Cl)c3C)c(C)o2)cc1. The number of aryl methyl sites for hydroxylation is 2. The maximum Gasteiger partial charge on any atom is 0.259 e. The summed E-state index contributed by atoms with van der Waals surface area (Å²) in [5, 5.41) is 3.52. The zero-order valence-corrected chi connectivity index (χ0v) is 14.6. The Morgan fingerprint density at radius 3 is 2.46 bits per heavy atom. The van der Waals surface area contributed by atoms with E-state index in [9.17, 15) is 4.79 Å². The first-order valence-electron chi connectivity index (χ1n) is 7.69. The van der Waals surface area contributed by atoms with Gasteiger partial charge in [0.25, 0.3) is 5.91 Å². The molecule has 0 bridgehead atoms. The number of hydrogen-bond acceptors (Lipinski definition) is 2. The first kappa shape index (κ1) is 16.3. The Morgan fingerprint density at radius 1 is 1.04 bits per heavy atom. The normalized spacial score (nSPS) is 10.7. The number of benzene rings is 2. The Labute approximate surface area is 146 Å². The fourth-order valence-corrected chi connectivity index (χ4v) is 2.67. The average molecular weight is 340 g/mol. The Hall–Kier alpha value is -2.52. The summed E-state index contributed by atoms with van der Waals surface area (Å²) in [6, 6.07) is 15.2. The predicted octanol–water partition coefficient (Wildman–Crippen LogP) is 5.78. The largest absolute Gasteiger partial charge is 0.461 e. The number of halogens is 1. The molecule has 24 heavy (non-hydrogen) atoms. The first-order chi connectivity index (χ1) is 11.5. The van der Waals surface area contributed by atoms with Gasteiger partial charge in [0.05, 0.1) is 5.56 Å². The van der Waals surface area contributed by atoms with Crippen LogP contribution < -0.4 is 5.32 Å². The van der Waals surface area contributed by atoms with Crippen LogP contribution in [0.1, 0.15) is 27.2 Å². The fourth-order valence-electron chi connectivity index (χ4n) is 2.50. The Kier molecular flexibility index (Phi) is 4.45. The van der Waals surface area contributed by atoms with E-state index in [-0.39, 0.29) is 5.91 Å². The van der Waals surface area contributed by atoms with Gasteiger partial charge in [-0.25, -0.2) is 0 Å². The van der Waals surface area contributed by atoms with E-state index >= 15 is 0 Å². The first-order valence-corrected chi connectivity index (χ1v) is 8.07. The standard InChI is InChI=1S/C20H18ClNO2/c1-12-7-9-15(10-8-12)19-11-16(14(3)24-19)20(23)22-18-6-4-5-17(21)13(18)2/h4-11H,1-3H3,(H,22,23). The Bertz CT molecular complexity index is 895. The highest BCUT2D eigenvalue weighted by Gasteiger charge is 2.17. The predicted molar refractivity (Wildman–Crippen MR) is 97.8 cm³/mol. The number of amides is 1. The molecule has 1 N–H and O–H groups in total. The lowest BCUT2D eigenvalue weighted by molar-refractivity contribution is 0.102. The zero-order chi connectivity index (χ0) is 17.3. The quantitative estimate of drug-likeness (QED) is 0.657. The lowest BCUT2D eigenvalue weighted by Gasteiger charge is -2.08. The van der Waals surface area contributed by atoms with Gasteiger partial charge < -0.3 is 9.73 Å². The van der Waals surface area contributed by atoms with Crippen molar-refractivity contribution in [1.29, 1.82) is 0 Å². The number of carbonyl (C=O) groups is 1. The molecule has 2 aromatic carbocycles. The smallest absolute Gasteiger partial charge is 0.259 e. The molecule has 0 fully saturated rings. The van der Waals surface area contributed by atoms with Crippen molar-refractivity contribution in [1.82, 2.24) is 0 Å². The molecule has 0 atom stereocenters. The van der Waals surface area contributed by atoms with Gasteiger partial charge >= 0.3 is 0 Å². The van der Waals surface area contributed by atoms with Gasteiger partial charge in [0.2, 0.25) is 0 Å². The Morgan fingerprint density at radius 2 is 1.75 bits per heavy atom. The van der Waals surface area contributed by atoms with E-state index < -0.39 is 0 Å². The highest BCUT2D eigenvalue weighted by atomic mass is 35.5. The van der Waals surface area contributed by atoms with E-state index in [2.05, 4.69) is 5.32 Å². The molecular formula is C20H18ClNO2. The van der Waals surface area contributed by atoms with Crippen LogP contribution in [0.15, 0.2) is 52.9 Å². The van der Waals surface area contributed by atoms with Crippen LogP contribution in [0.4, 0.5) is 5.69 Å². The summed E-state index contributed by atoms with van der Waals surface area (Å²) in [7, 11) is 0. The van der Waals surface area contributed by atoms with Crippen LogP contribution in [0.25, 0.3) is 11.3 Å². The molecule has 0 saturated heterocycles. The van der Waals surface area contributed by atoms with Crippen LogP contribution >= 0.6 is 11.6 Å². The van der Waals surface area contributed by atoms with Crippen LogP contribution in [0.3, 0.4) is 0 Å². The van der Waals surface area contributed by atoms with Crippen LogP contribution in [0.2, 0.25) is 5.02 Å². The van der Waals surface area contributed by atoms with Gasteiger partial charge in [0.1, 0.15) is 11.5 Å². The third-order valence-corrected chi connectivity index (χ3v) is 4.42. The number of nitrogens with one attached hydrogen (secondary N) is 1. The second-order valence-corrected chi connectivity index (χ2v) is 6.22. The molecule has 3 rings (SSSR count). The number of carbonyl (C=O) groups excluding carboxylic acids is 1. The van der Waals surface area contributed by atoms with Crippen molar-refractivity contribution in [3.63, 3.8) is 0 Å². The summed E-state index contributed by atoms with van der Waals surface area (Å²) in [6.45, 7) is 5.69. The number of hydrogen-bond donors (Lipinski definition) is 1. The van der Waals surface area contributed by atoms with Crippen LogP contribution in [-0.2, 0) is 0 Å². The molecular weight excluding hydrogens is 322 g/mol. The van der Waals surface area contributed by atoms with Gasteiger partial charge in [0.15, 0.2) is 0 Å². The zero-order valence-electron chi connectivity index (χ0n) is 13.8. The Balaban J connectivity index is 1.88. The minimum atomic E-state index is -0.208. The summed E-state index contributed by atoms with van der Waals surface area (Å²) < 4.78 is 5.77. The minimum absolute atomic E-state index is 0.208. The average Bonchev–Trinajstić information content (AvgIpc) is 2.94. The topological polar surface area (TPSA) is 42.2 Å². The van der Waals surface area contributed by atoms with E-state index in [1.165, 1.54) is 5.56 Å². The van der Waals surface area contributed by atoms with Crippen molar-refractivity contribution >= 4 is 23.2 Å². The van der Waals surface area contributed by atoms with Gasteiger partial charge in [-0.3, -0.25) is 4.79 Å². The van der Waals surface area contributed by atoms with Gasteiger partial charge in [-0.05, 0) is 44.5 Å². The summed E-state index contributed by atoms with van der Waals surface area (Å²) in [5.41, 5.74) is 4.18.